The highest BCUT2D eigenvalue weighted by atomic mass is 35.5. The standard InChI is InChI=1S/C7H13ClO3S/c1-7(2,3)5(9)6(8)12(4,10)11/h6H,1-4H3. The van der Waals surface area contributed by atoms with Crippen molar-refractivity contribution < 1.29 is 13.2 Å². The Balaban J connectivity index is 4.77. The number of hydrogen-bond acceptors (Lipinski definition) is 3. The SMILES string of the molecule is CC(C)(C)C(=O)C(Cl)S(C)(=O)=O. The monoisotopic (exact) mass is 212 g/mol. The van der Waals surface area contributed by atoms with Crippen LogP contribution in [0.1, 0.15) is 20.8 Å². The quantitative estimate of drug-likeness (QED) is 0.647. The van der Waals surface area contributed by atoms with Gasteiger partial charge in [0, 0.05) is 11.7 Å². The molecule has 5 heteroatoms. The number of rotatable bonds is 2. The van der Waals surface area contributed by atoms with Crippen LogP contribution in [0.25, 0.3) is 0 Å². The van der Waals surface area contributed by atoms with Crippen molar-refractivity contribution in [1.29, 1.82) is 0 Å². The minimum atomic E-state index is -3.47. The molecule has 0 aromatic rings. The van der Waals surface area contributed by atoms with Gasteiger partial charge in [0.25, 0.3) is 0 Å². The molecule has 0 amide bonds. The molecule has 0 aliphatic heterocycles. The molecule has 0 heterocycles. The van der Waals surface area contributed by atoms with Crippen LogP contribution in [0.15, 0.2) is 0 Å². The second kappa shape index (κ2) is 3.34. The first-order valence-electron chi connectivity index (χ1n) is 3.44. The molecule has 0 N–H and O–H groups in total. The number of ketones is 1. The van der Waals surface area contributed by atoms with Crippen molar-refractivity contribution in [2.45, 2.75) is 25.5 Å². The van der Waals surface area contributed by atoms with E-state index >= 15 is 0 Å². The summed E-state index contributed by atoms with van der Waals surface area (Å²) >= 11 is 5.45. The van der Waals surface area contributed by atoms with Crippen LogP contribution in [0, 0.1) is 5.41 Å². The summed E-state index contributed by atoms with van der Waals surface area (Å²) in [7, 11) is -3.47. The van der Waals surface area contributed by atoms with Crippen molar-refractivity contribution in [3.63, 3.8) is 0 Å². The Kier molecular flexibility index (Phi) is 3.32. The van der Waals surface area contributed by atoms with Crippen LogP contribution in [-0.2, 0) is 14.6 Å². The van der Waals surface area contributed by atoms with Gasteiger partial charge in [-0.15, -0.1) is 0 Å². The summed E-state index contributed by atoms with van der Waals surface area (Å²) in [6.45, 7) is 4.90. The molecular weight excluding hydrogens is 200 g/mol. The highest BCUT2D eigenvalue weighted by Gasteiger charge is 2.34. The van der Waals surface area contributed by atoms with Crippen molar-refractivity contribution in [2.75, 3.05) is 6.26 Å². The van der Waals surface area contributed by atoms with E-state index in [0.29, 0.717) is 0 Å². The van der Waals surface area contributed by atoms with Crippen molar-refractivity contribution in [1.82, 2.24) is 0 Å². The van der Waals surface area contributed by atoms with Gasteiger partial charge in [-0.2, -0.15) is 0 Å². The number of halogens is 1. The van der Waals surface area contributed by atoms with Crippen LogP contribution in [0.5, 0.6) is 0 Å². The van der Waals surface area contributed by atoms with Crippen molar-refractivity contribution in [3.05, 3.63) is 0 Å². The number of carbonyl (C=O) groups is 1. The van der Waals surface area contributed by atoms with E-state index in [1.54, 1.807) is 20.8 Å². The van der Waals surface area contributed by atoms with Crippen LogP contribution in [0.3, 0.4) is 0 Å². The van der Waals surface area contributed by atoms with E-state index in [-0.39, 0.29) is 0 Å². The fraction of sp³-hybridized carbons (Fsp3) is 0.857. The minimum absolute atomic E-state index is 0.466. The van der Waals surface area contributed by atoms with E-state index < -0.39 is 25.7 Å². The van der Waals surface area contributed by atoms with Gasteiger partial charge in [-0.1, -0.05) is 32.4 Å². The molecule has 0 rings (SSSR count). The molecule has 0 saturated carbocycles. The van der Waals surface area contributed by atoms with Crippen LogP contribution in [0.2, 0.25) is 0 Å². The average Bonchev–Trinajstić information content (AvgIpc) is 1.80. The summed E-state index contributed by atoms with van der Waals surface area (Å²) in [5.74, 6) is -0.466. The lowest BCUT2D eigenvalue weighted by atomic mass is 9.92. The normalized spacial score (nSPS) is 15.8. The Morgan fingerprint density at radius 1 is 1.33 bits per heavy atom. The second-order valence-electron chi connectivity index (χ2n) is 3.76. The van der Waals surface area contributed by atoms with Gasteiger partial charge in [-0.05, 0) is 0 Å². The lowest BCUT2D eigenvalue weighted by Crippen LogP contribution is -2.33. The van der Waals surface area contributed by atoms with Gasteiger partial charge in [0.2, 0.25) is 0 Å². The number of hydrogen-bond donors (Lipinski definition) is 0. The van der Waals surface area contributed by atoms with Crippen LogP contribution in [-0.4, -0.2) is 25.2 Å². The Bertz CT molecular complexity index is 274. The zero-order valence-electron chi connectivity index (χ0n) is 7.59. The number of Topliss-reactive ketones (excluding diaryl/α,β-unsaturated/α-hetero) is 1. The highest BCUT2D eigenvalue weighted by Crippen LogP contribution is 2.22. The number of alkyl halides is 1. The molecule has 0 aromatic heterocycles. The third-order valence-electron chi connectivity index (χ3n) is 1.32. The lowest BCUT2D eigenvalue weighted by molar-refractivity contribution is -0.124. The lowest BCUT2D eigenvalue weighted by Gasteiger charge is -2.18. The first kappa shape index (κ1) is 11.9. The third kappa shape index (κ3) is 3.11. The molecule has 0 aliphatic carbocycles. The average molecular weight is 213 g/mol. The predicted octanol–water partition coefficient (Wildman–Crippen LogP) is 1.21. The molecular formula is C7H13ClO3S. The summed E-state index contributed by atoms with van der Waals surface area (Å²) in [5.41, 5.74) is -0.713. The van der Waals surface area contributed by atoms with E-state index in [4.69, 9.17) is 11.6 Å². The molecule has 72 valence electrons. The smallest absolute Gasteiger partial charge is 0.193 e. The molecule has 12 heavy (non-hydrogen) atoms. The molecule has 1 unspecified atom stereocenters. The van der Waals surface area contributed by atoms with Crippen LogP contribution < -0.4 is 0 Å². The van der Waals surface area contributed by atoms with E-state index in [2.05, 4.69) is 0 Å². The highest BCUT2D eigenvalue weighted by molar-refractivity contribution is 7.93. The zero-order chi connectivity index (χ0) is 10.2. The predicted molar refractivity (Wildman–Crippen MR) is 48.9 cm³/mol. The maximum absolute atomic E-state index is 11.3. The van der Waals surface area contributed by atoms with Crippen molar-refractivity contribution in [2.24, 2.45) is 5.41 Å². The van der Waals surface area contributed by atoms with Crippen LogP contribution >= 0.6 is 11.6 Å². The molecule has 1 atom stereocenters. The van der Waals surface area contributed by atoms with Gasteiger partial charge in [0.05, 0.1) is 0 Å². The zero-order valence-corrected chi connectivity index (χ0v) is 9.16. The fourth-order valence-corrected chi connectivity index (χ4v) is 1.60. The van der Waals surface area contributed by atoms with E-state index in [1.807, 2.05) is 0 Å². The Hall–Kier alpha value is -0.0900. The molecule has 0 fully saturated rings. The molecule has 0 radical (unpaired) electrons. The van der Waals surface area contributed by atoms with Gasteiger partial charge in [-0.3, -0.25) is 4.79 Å². The Morgan fingerprint density at radius 2 is 1.67 bits per heavy atom. The van der Waals surface area contributed by atoms with Crippen molar-refractivity contribution >= 4 is 27.2 Å². The maximum atomic E-state index is 11.3. The molecule has 0 saturated heterocycles. The molecule has 0 aliphatic rings. The molecule has 0 bridgehead atoms. The van der Waals surface area contributed by atoms with Gasteiger partial charge in [0.15, 0.2) is 20.3 Å². The van der Waals surface area contributed by atoms with Gasteiger partial charge in [-0.25, -0.2) is 8.42 Å². The van der Waals surface area contributed by atoms with Crippen molar-refractivity contribution in [3.8, 4) is 0 Å². The van der Waals surface area contributed by atoms with E-state index in [0.717, 1.165) is 6.26 Å². The van der Waals surface area contributed by atoms with Gasteiger partial charge >= 0.3 is 0 Å². The van der Waals surface area contributed by atoms with Gasteiger partial charge in [0.1, 0.15) is 0 Å². The third-order valence-corrected chi connectivity index (χ3v) is 3.46. The summed E-state index contributed by atoms with van der Waals surface area (Å²) in [6.07, 6.45) is 0.953. The fourth-order valence-electron chi connectivity index (χ4n) is 0.535. The Labute approximate surface area is 78.0 Å². The van der Waals surface area contributed by atoms with E-state index in [9.17, 15) is 13.2 Å². The first-order valence-corrected chi connectivity index (χ1v) is 5.83. The summed E-state index contributed by atoms with van der Waals surface area (Å²) in [5, 5.41) is 0. The summed E-state index contributed by atoms with van der Waals surface area (Å²) in [4.78, 5) is 11.3. The minimum Gasteiger partial charge on any atom is -0.296 e. The number of sulfone groups is 1. The molecule has 0 spiro atoms. The first-order chi connectivity index (χ1) is 5.07. The molecule has 3 nitrogen and oxygen atoms in total. The van der Waals surface area contributed by atoms with Crippen LogP contribution in [0.4, 0.5) is 0 Å². The largest absolute Gasteiger partial charge is 0.296 e. The topological polar surface area (TPSA) is 51.2 Å². The van der Waals surface area contributed by atoms with Gasteiger partial charge < -0.3 is 0 Å². The number of carbonyl (C=O) groups excluding carboxylic acids is 1. The maximum Gasteiger partial charge on any atom is 0.193 e. The van der Waals surface area contributed by atoms with E-state index in [1.165, 1.54) is 0 Å². The summed E-state index contributed by atoms with van der Waals surface area (Å²) < 4.78 is 20.3. The Morgan fingerprint density at radius 3 is 1.75 bits per heavy atom. The second-order valence-corrected chi connectivity index (χ2v) is 6.59. The molecule has 0 aromatic carbocycles. The summed E-state index contributed by atoms with van der Waals surface area (Å²) in [6, 6.07) is 0.